The van der Waals surface area contributed by atoms with Crippen LogP contribution in [0.5, 0.6) is 0 Å². The monoisotopic (exact) mass is 230 g/mol. The largest absolute Gasteiger partial charge is 0.298 e. The number of hydrogen-bond acceptors (Lipinski definition) is 2. The minimum absolute atomic E-state index is 0.635. The first kappa shape index (κ1) is 11.2. The molecule has 1 aromatic carbocycles. The molecule has 1 unspecified atom stereocenters. The van der Waals surface area contributed by atoms with Crippen molar-refractivity contribution in [2.24, 2.45) is 0 Å². The van der Waals surface area contributed by atoms with E-state index >= 15 is 0 Å². The van der Waals surface area contributed by atoms with Gasteiger partial charge in [0.1, 0.15) is 0 Å². The van der Waals surface area contributed by atoms with E-state index in [1.807, 2.05) is 0 Å². The Labute approximate surface area is 104 Å². The van der Waals surface area contributed by atoms with Gasteiger partial charge in [0, 0.05) is 38.3 Å². The molecule has 17 heavy (non-hydrogen) atoms. The van der Waals surface area contributed by atoms with Crippen LogP contribution in [0.1, 0.15) is 31.0 Å². The third-order valence-corrected chi connectivity index (χ3v) is 4.34. The lowest BCUT2D eigenvalue weighted by Crippen LogP contribution is -2.52. The van der Waals surface area contributed by atoms with Crippen molar-refractivity contribution in [3.05, 3.63) is 35.4 Å². The number of piperazine rings is 1. The molecule has 0 aromatic heterocycles. The second-order valence-electron chi connectivity index (χ2n) is 5.59. The summed E-state index contributed by atoms with van der Waals surface area (Å²) in [5, 5.41) is 0. The summed E-state index contributed by atoms with van der Waals surface area (Å²) in [5.41, 5.74) is 3.14. The van der Waals surface area contributed by atoms with Crippen molar-refractivity contribution in [2.75, 3.05) is 26.2 Å². The van der Waals surface area contributed by atoms with Gasteiger partial charge in [0.05, 0.1) is 0 Å². The van der Waals surface area contributed by atoms with Crippen LogP contribution in [-0.2, 0) is 6.42 Å². The predicted octanol–water partition coefficient (Wildman–Crippen LogP) is 2.31. The van der Waals surface area contributed by atoms with Crippen LogP contribution in [-0.4, -0.2) is 42.0 Å². The minimum Gasteiger partial charge on any atom is -0.298 e. The predicted molar refractivity (Wildman–Crippen MR) is 71.2 cm³/mol. The maximum atomic E-state index is 2.67. The van der Waals surface area contributed by atoms with Crippen LogP contribution in [0.25, 0.3) is 0 Å². The van der Waals surface area contributed by atoms with E-state index in [0.717, 1.165) is 0 Å². The summed E-state index contributed by atoms with van der Waals surface area (Å²) >= 11 is 0. The van der Waals surface area contributed by atoms with E-state index in [1.54, 1.807) is 11.1 Å². The van der Waals surface area contributed by atoms with Crippen LogP contribution in [0, 0.1) is 0 Å². The second-order valence-corrected chi connectivity index (χ2v) is 5.59. The van der Waals surface area contributed by atoms with E-state index in [9.17, 15) is 0 Å². The zero-order valence-electron chi connectivity index (χ0n) is 10.9. The van der Waals surface area contributed by atoms with Crippen LogP contribution < -0.4 is 0 Å². The van der Waals surface area contributed by atoms with E-state index in [0.29, 0.717) is 12.1 Å². The molecule has 1 atom stereocenters. The molecule has 0 saturated carbocycles. The van der Waals surface area contributed by atoms with Crippen molar-refractivity contribution >= 4 is 0 Å². The Hall–Kier alpha value is -0.860. The fourth-order valence-corrected chi connectivity index (χ4v) is 3.22. The average Bonchev–Trinajstić information content (AvgIpc) is 2.38. The van der Waals surface area contributed by atoms with Crippen molar-refractivity contribution < 1.29 is 0 Å². The summed E-state index contributed by atoms with van der Waals surface area (Å²) in [4.78, 5) is 5.28. The summed E-state index contributed by atoms with van der Waals surface area (Å²) in [5.74, 6) is 0. The van der Waals surface area contributed by atoms with E-state index in [-0.39, 0.29) is 0 Å². The highest BCUT2D eigenvalue weighted by molar-refractivity contribution is 5.33. The normalized spacial score (nSPS) is 25.7. The Bertz CT molecular complexity index is 400. The van der Waals surface area contributed by atoms with Gasteiger partial charge in [0.25, 0.3) is 0 Å². The van der Waals surface area contributed by atoms with Crippen molar-refractivity contribution in [2.45, 2.75) is 32.4 Å². The molecule has 92 valence electrons. The van der Waals surface area contributed by atoms with E-state index in [2.05, 4.69) is 47.9 Å². The second kappa shape index (κ2) is 4.43. The Morgan fingerprint density at radius 3 is 2.76 bits per heavy atom. The molecule has 2 aliphatic rings. The lowest BCUT2D eigenvalue weighted by Gasteiger charge is -2.46. The van der Waals surface area contributed by atoms with Gasteiger partial charge in [-0.25, -0.2) is 0 Å². The Morgan fingerprint density at radius 1 is 1.12 bits per heavy atom. The van der Waals surface area contributed by atoms with Gasteiger partial charge in [-0.2, -0.15) is 0 Å². The van der Waals surface area contributed by atoms with Gasteiger partial charge in [-0.15, -0.1) is 0 Å². The highest BCUT2D eigenvalue weighted by Gasteiger charge is 2.32. The summed E-state index contributed by atoms with van der Waals surface area (Å²) in [6.45, 7) is 9.53. The van der Waals surface area contributed by atoms with Gasteiger partial charge < -0.3 is 0 Å². The molecule has 1 fully saturated rings. The lowest BCUT2D eigenvalue weighted by molar-refractivity contribution is 0.0502. The molecule has 0 radical (unpaired) electrons. The van der Waals surface area contributed by atoms with Gasteiger partial charge in [0.2, 0.25) is 0 Å². The molecule has 0 aliphatic carbocycles. The van der Waals surface area contributed by atoms with E-state index in [4.69, 9.17) is 0 Å². The topological polar surface area (TPSA) is 6.48 Å². The van der Waals surface area contributed by atoms with Crippen LogP contribution in [0.15, 0.2) is 24.3 Å². The highest BCUT2D eigenvalue weighted by Crippen LogP contribution is 2.32. The molecule has 2 aliphatic heterocycles. The fraction of sp³-hybridized carbons (Fsp3) is 0.600. The first-order chi connectivity index (χ1) is 8.25. The Kier molecular flexibility index (Phi) is 2.93. The molecule has 1 saturated heterocycles. The maximum Gasteiger partial charge on any atom is 0.0478 e. The quantitative estimate of drug-likeness (QED) is 0.730. The van der Waals surface area contributed by atoms with Crippen molar-refractivity contribution in [1.29, 1.82) is 0 Å². The standard InChI is InChI=1S/C15H22N2/c1-12(2)17-10-9-16-8-7-13-5-3-4-6-14(13)15(16)11-17/h3-6,12,15H,7-11H2,1-2H3. The summed E-state index contributed by atoms with van der Waals surface area (Å²) < 4.78 is 0. The van der Waals surface area contributed by atoms with Crippen LogP contribution >= 0.6 is 0 Å². The first-order valence-corrected chi connectivity index (χ1v) is 6.81. The molecule has 2 nitrogen and oxygen atoms in total. The molecular weight excluding hydrogens is 208 g/mol. The van der Waals surface area contributed by atoms with Gasteiger partial charge in [-0.05, 0) is 31.4 Å². The molecule has 0 amide bonds. The zero-order chi connectivity index (χ0) is 11.8. The zero-order valence-corrected chi connectivity index (χ0v) is 10.9. The molecule has 1 aromatic rings. The van der Waals surface area contributed by atoms with E-state index < -0.39 is 0 Å². The van der Waals surface area contributed by atoms with Crippen molar-refractivity contribution in [3.8, 4) is 0 Å². The minimum atomic E-state index is 0.635. The molecular formula is C15H22N2. The molecule has 3 rings (SSSR count). The van der Waals surface area contributed by atoms with Crippen LogP contribution in [0.2, 0.25) is 0 Å². The smallest absolute Gasteiger partial charge is 0.0478 e. The molecule has 0 bridgehead atoms. The lowest BCUT2D eigenvalue weighted by atomic mass is 9.90. The van der Waals surface area contributed by atoms with Crippen molar-refractivity contribution in [3.63, 3.8) is 0 Å². The first-order valence-electron chi connectivity index (χ1n) is 6.81. The summed E-state index contributed by atoms with van der Waals surface area (Å²) in [6.07, 6.45) is 1.23. The van der Waals surface area contributed by atoms with Crippen LogP contribution in [0.4, 0.5) is 0 Å². The maximum absolute atomic E-state index is 2.67. The molecule has 2 heterocycles. The highest BCUT2D eigenvalue weighted by atomic mass is 15.3. The molecule has 2 heteroatoms. The Balaban J connectivity index is 1.88. The van der Waals surface area contributed by atoms with Gasteiger partial charge in [-0.3, -0.25) is 9.80 Å². The number of hydrogen-bond donors (Lipinski definition) is 0. The number of benzene rings is 1. The van der Waals surface area contributed by atoms with Gasteiger partial charge in [0.15, 0.2) is 0 Å². The number of nitrogens with zero attached hydrogens (tertiary/aromatic N) is 2. The summed E-state index contributed by atoms with van der Waals surface area (Å²) in [6, 6.07) is 10.3. The average molecular weight is 230 g/mol. The third kappa shape index (κ3) is 2.00. The van der Waals surface area contributed by atoms with Gasteiger partial charge in [-0.1, -0.05) is 24.3 Å². The molecule has 0 spiro atoms. The van der Waals surface area contributed by atoms with E-state index in [1.165, 1.54) is 32.6 Å². The third-order valence-electron chi connectivity index (χ3n) is 4.34. The van der Waals surface area contributed by atoms with Crippen molar-refractivity contribution in [1.82, 2.24) is 9.80 Å². The SMILES string of the molecule is CC(C)N1CCN2CCc3ccccc3C2C1. The number of fused-ring (bicyclic) bond motifs is 3. The molecule has 0 N–H and O–H groups in total. The summed E-state index contributed by atoms with van der Waals surface area (Å²) in [7, 11) is 0. The number of rotatable bonds is 1. The van der Waals surface area contributed by atoms with Crippen LogP contribution in [0.3, 0.4) is 0 Å². The fourth-order valence-electron chi connectivity index (χ4n) is 3.22. The van der Waals surface area contributed by atoms with Gasteiger partial charge >= 0.3 is 0 Å². The Morgan fingerprint density at radius 2 is 1.94 bits per heavy atom.